The number of hydrogen-bond acceptors (Lipinski definition) is 17. The molecule has 2 N–H and O–H groups in total. The van der Waals surface area contributed by atoms with Crippen LogP contribution < -0.4 is 25.1 Å². The van der Waals surface area contributed by atoms with Gasteiger partial charge in [-0.1, -0.05) is 44.2 Å². The van der Waals surface area contributed by atoms with Gasteiger partial charge in [-0.2, -0.15) is 5.10 Å². The maximum Gasteiger partial charge on any atom is 0.266 e. The number of nitrogens with zero attached hydrogens (tertiary/aromatic N) is 7. The number of pyridine rings is 1. The van der Waals surface area contributed by atoms with Crippen LogP contribution in [0.1, 0.15) is 53.1 Å². The first-order valence-electron chi connectivity index (χ1n) is 25.1. The number of fused-ring (bicyclic) bond motifs is 2. The monoisotopic (exact) mass is 1060 g/mol. The average molecular weight is 1060 g/mol. The number of ether oxygens (including phenoxy) is 6. The molecule has 2 aliphatic heterocycles. The summed E-state index contributed by atoms with van der Waals surface area (Å²) >= 11 is 1.52. The van der Waals surface area contributed by atoms with E-state index in [0.29, 0.717) is 97.4 Å². The first-order valence-corrected chi connectivity index (χ1v) is 26.0. The minimum Gasteiger partial charge on any atom is -0.491 e. The van der Waals surface area contributed by atoms with Crippen LogP contribution in [0.4, 0.5) is 0 Å². The van der Waals surface area contributed by atoms with Crippen molar-refractivity contribution in [1.82, 2.24) is 39.8 Å². The van der Waals surface area contributed by atoms with E-state index in [-0.39, 0.29) is 62.6 Å². The van der Waals surface area contributed by atoms with Crippen LogP contribution in [0.5, 0.6) is 17.2 Å². The van der Waals surface area contributed by atoms with Gasteiger partial charge in [0.1, 0.15) is 60.4 Å². The summed E-state index contributed by atoms with van der Waals surface area (Å²) in [5, 5.41) is 17.9. The van der Waals surface area contributed by atoms with Gasteiger partial charge >= 0.3 is 0 Å². The molecule has 2 aliphatic rings. The molecule has 7 aromatic rings. The van der Waals surface area contributed by atoms with Crippen LogP contribution in [0.3, 0.4) is 0 Å². The van der Waals surface area contributed by atoms with Crippen molar-refractivity contribution in [2.45, 2.75) is 65.1 Å². The molecule has 21 heteroatoms. The van der Waals surface area contributed by atoms with Crippen LogP contribution in [0.25, 0.3) is 33.1 Å². The Morgan fingerprint density at radius 1 is 0.855 bits per heavy atom. The Bertz CT molecular complexity index is 3200. The van der Waals surface area contributed by atoms with E-state index in [9.17, 15) is 24.3 Å². The summed E-state index contributed by atoms with van der Waals surface area (Å²) in [5.74, 6) is 0.837. The molecule has 76 heavy (non-hydrogen) atoms. The van der Waals surface area contributed by atoms with Crippen molar-refractivity contribution in [1.29, 1.82) is 0 Å². The lowest BCUT2D eigenvalue weighted by molar-refractivity contribution is -0.143. The first-order chi connectivity index (χ1) is 36.9. The molecule has 9 rings (SSSR count). The van der Waals surface area contributed by atoms with Gasteiger partial charge in [-0.3, -0.25) is 24.2 Å². The third kappa shape index (κ3) is 12.9. The highest BCUT2D eigenvalue weighted by atomic mass is 32.1. The summed E-state index contributed by atoms with van der Waals surface area (Å²) in [4.78, 5) is 70.6. The average Bonchev–Trinajstić information content (AvgIpc) is 4.23. The van der Waals surface area contributed by atoms with Gasteiger partial charge in [-0.25, -0.2) is 14.6 Å². The van der Waals surface area contributed by atoms with Crippen molar-refractivity contribution >= 4 is 40.2 Å². The number of likely N-dealkylation sites (tertiary alicyclic amines) is 1. The topological polar surface area (TPSA) is 232 Å². The number of amides is 3. The number of thiazole rings is 1. The van der Waals surface area contributed by atoms with E-state index in [4.69, 9.17) is 32.8 Å². The molecule has 20 nitrogen and oxygen atoms in total. The molecule has 0 spiro atoms. The lowest BCUT2D eigenvalue weighted by Gasteiger charge is -2.35. The fraction of sp³-hybridized carbons (Fsp3) is 0.382. The van der Waals surface area contributed by atoms with E-state index in [2.05, 4.69) is 25.4 Å². The summed E-state index contributed by atoms with van der Waals surface area (Å²) in [6.45, 7) is 9.02. The number of carbonyl (C=O) groups is 3. The molecular formula is C55H60N8O12S. The number of hydrogen-bond donors (Lipinski definition) is 2. The number of aromatic nitrogens is 5. The van der Waals surface area contributed by atoms with Crippen LogP contribution >= 0.6 is 11.3 Å². The first kappa shape index (κ1) is 53.3. The van der Waals surface area contributed by atoms with Crippen LogP contribution in [0.2, 0.25) is 0 Å². The van der Waals surface area contributed by atoms with Gasteiger partial charge in [0.05, 0.1) is 73.7 Å². The van der Waals surface area contributed by atoms with E-state index in [1.165, 1.54) is 27.0 Å². The van der Waals surface area contributed by atoms with E-state index >= 15 is 0 Å². The van der Waals surface area contributed by atoms with Crippen molar-refractivity contribution in [3.63, 3.8) is 0 Å². The molecule has 0 aliphatic carbocycles. The Hall–Kier alpha value is -7.56. The van der Waals surface area contributed by atoms with Crippen LogP contribution in [-0.4, -0.2) is 135 Å². The largest absolute Gasteiger partial charge is 0.491 e. The summed E-state index contributed by atoms with van der Waals surface area (Å²) in [5.41, 5.74) is 7.84. The van der Waals surface area contributed by atoms with Gasteiger partial charge in [0.25, 0.3) is 11.5 Å². The number of rotatable bonds is 25. The highest BCUT2D eigenvalue weighted by molar-refractivity contribution is 7.13. The second-order valence-corrected chi connectivity index (χ2v) is 19.5. The molecule has 3 atom stereocenters. The van der Waals surface area contributed by atoms with Gasteiger partial charge in [0.15, 0.2) is 5.58 Å². The molecule has 0 radical (unpaired) electrons. The maximum absolute atomic E-state index is 14.2. The van der Waals surface area contributed by atoms with Gasteiger partial charge in [0, 0.05) is 56.4 Å². The molecule has 1 unspecified atom stereocenters. The van der Waals surface area contributed by atoms with Crippen LogP contribution in [0, 0.1) is 12.8 Å². The van der Waals surface area contributed by atoms with Crippen molar-refractivity contribution < 1.29 is 52.3 Å². The smallest absolute Gasteiger partial charge is 0.266 e. The lowest BCUT2D eigenvalue weighted by atomic mass is 10.0. The normalized spacial score (nSPS) is 15.6. The molecule has 6 heterocycles. The second kappa shape index (κ2) is 24.9. The van der Waals surface area contributed by atoms with Crippen molar-refractivity contribution in [2.75, 3.05) is 59.4 Å². The van der Waals surface area contributed by atoms with Gasteiger partial charge < -0.3 is 53.1 Å². The molecule has 3 aromatic carbocycles. The standard InChI is InChI=1S/C55H60N8O12S/c1-34(2)50(63-30-38-7-5-6-8-43(38)54(63)67)55(68)62-31-40(64)26-46(62)52(66)57-28-37-10-9-36(51-35(3)58-33-76-51)25-48(37)73-24-22-71-20-18-69-17-19-70-21-23-72-42-12-11-39(56-29-42)32-74-41-13-15-47-45(27-41)59-53(75-47)44-14-16-49(65)61(4)60-44/h5-16,25,27,29,33-34,40,46,50,64H,17-24,26,28,30-32H2,1-4H3,(H,57,66)/t40-,46+,50?/m1/s1. The van der Waals surface area contributed by atoms with Gasteiger partial charge in [-0.15, -0.1) is 11.3 Å². The molecule has 1 saturated heterocycles. The molecule has 398 valence electrons. The SMILES string of the molecule is Cc1ncsc1-c1ccc(CNC(=O)[C@@H]2C[C@@H](O)CN2C(=O)C(C(C)C)N2Cc3ccccc3C2=O)c(OCCOCCOCCOCCOc2ccc(COc3ccc4oc(-c5ccc(=O)n(C)n5)nc4c3)nc2)c1. The molecule has 0 bridgehead atoms. The molecule has 3 amide bonds. The minimum absolute atomic E-state index is 0.00743. The maximum atomic E-state index is 14.2. The number of aryl methyl sites for hydroxylation is 2. The zero-order valence-corrected chi connectivity index (χ0v) is 43.5. The number of nitrogens with one attached hydrogen (secondary N) is 1. The van der Waals surface area contributed by atoms with Crippen molar-refractivity contribution in [3.05, 3.63) is 135 Å². The molecule has 0 saturated carbocycles. The summed E-state index contributed by atoms with van der Waals surface area (Å²) in [7, 11) is 1.57. The van der Waals surface area contributed by atoms with E-state index in [0.717, 1.165) is 27.3 Å². The number of oxazole rings is 1. The van der Waals surface area contributed by atoms with E-state index in [1.807, 2.05) is 63.2 Å². The highest BCUT2D eigenvalue weighted by Gasteiger charge is 2.46. The molecular weight excluding hydrogens is 997 g/mol. The number of benzene rings is 3. The summed E-state index contributed by atoms with van der Waals surface area (Å²) in [6.07, 6.45) is 0.825. The number of aliphatic hydroxyl groups excluding tert-OH is 1. The van der Waals surface area contributed by atoms with Gasteiger partial charge in [-0.05, 0) is 66.4 Å². The third-order valence-corrected chi connectivity index (χ3v) is 13.9. The predicted octanol–water partition coefficient (Wildman–Crippen LogP) is 5.76. The van der Waals surface area contributed by atoms with Crippen LogP contribution in [-0.2, 0) is 50.5 Å². The Morgan fingerprint density at radius 2 is 1.61 bits per heavy atom. The fourth-order valence-electron chi connectivity index (χ4n) is 9.04. The van der Waals surface area contributed by atoms with Gasteiger partial charge in [0.2, 0.25) is 17.7 Å². The second-order valence-electron chi connectivity index (χ2n) is 18.6. The number of carbonyl (C=O) groups excluding carboxylic acids is 3. The number of β-amino-alcohol motifs (C(OH)–C–C–N with tert-alkyl or cyclic N) is 1. The Balaban J connectivity index is 0.663. The zero-order valence-electron chi connectivity index (χ0n) is 42.7. The predicted molar refractivity (Wildman–Crippen MR) is 280 cm³/mol. The Kier molecular flexibility index (Phi) is 17.4. The summed E-state index contributed by atoms with van der Waals surface area (Å²) in [6, 6.07) is 23.3. The minimum atomic E-state index is -0.919. The van der Waals surface area contributed by atoms with E-state index in [1.54, 1.807) is 60.1 Å². The van der Waals surface area contributed by atoms with Crippen molar-refractivity contribution in [3.8, 4) is 39.3 Å². The zero-order chi connectivity index (χ0) is 53.1. The van der Waals surface area contributed by atoms with Crippen molar-refractivity contribution in [2.24, 2.45) is 13.0 Å². The quantitative estimate of drug-likeness (QED) is 0.0648. The highest BCUT2D eigenvalue weighted by Crippen LogP contribution is 2.34. The number of aliphatic hydroxyl groups is 1. The van der Waals surface area contributed by atoms with E-state index < -0.39 is 24.1 Å². The lowest BCUT2D eigenvalue weighted by Crippen LogP contribution is -2.55. The molecule has 4 aromatic heterocycles. The Labute approximate surface area is 442 Å². The summed E-state index contributed by atoms with van der Waals surface area (Å²) < 4.78 is 42.2. The Morgan fingerprint density at radius 3 is 2.32 bits per heavy atom. The van der Waals surface area contributed by atoms with Crippen LogP contribution in [0.15, 0.2) is 106 Å². The molecule has 1 fully saturated rings. The third-order valence-electron chi connectivity index (χ3n) is 12.9. The fourth-order valence-corrected chi connectivity index (χ4v) is 9.85.